The Hall–Kier alpha value is -0.126. The Kier molecular flexibility index (Phi) is 3.85. The van der Waals surface area contributed by atoms with Gasteiger partial charge in [-0.05, 0) is 12.1 Å². The highest BCUT2D eigenvalue weighted by atomic mass is 28.4. The van der Waals surface area contributed by atoms with E-state index in [1.54, 1.807) is 0 Å². The molecule has 2 atom stereocenters. The molecule has 0 spiro atoms. The lowest BCUT2D eigenvalue weighted by atomic mass is 10.5. The summed E-state index contributed by atoms with van der Waals surface area (Å²) in [5.41, 5.74) is 2.45. The summed E-state index contributed by atoms with van der Waals surface area (Å²) in [6.45, 7) is 11.8. The zero-order valence-electron chi connectivity index (χ0n) is 7.05. The van der Waals surface area contributed by atoms with Crippen LogP contribution in [0.15, 0.2) is 24.9 Å². The van der Waals surface area contributed by atoms with Gasteiger partial charge in [-0.25, -0.2) is 0 Å². The number of allylic oxidation sites excluding steroid dienone is 1. The number of rotatable bonds is 4. The molecule has 0 aliphatic carbocycles. The zero-order valence-corrected chi connectivity index (χ0v) is 10.1. The van der Waals surface area contributed by atoms with Gasteiger partial charge in [0.2, 0.25) is 8.32 Å². The second-order valence-electron chi connectivity index (χ2n) is 2.62. The van der Waals surface area contributed by atoms with Crippen LogP contribution in [-0.4, -0.2) is 18.8 Å². The summed E-state index contributed by atoms with van der Waals surface area (Å²) in [4.78, 5) is 0. The van der Waals surface area contributed by atoms with Gasteiger partial charge < -0.3 is 4.12 Å². The van der Waals surface area contributed by atoms with Crippen molar-refractivity contribution in [2.24, 2.45) is 0 Å². The molecule has 0 aromatic carbocycles. The van der Waals surface area contributed by atoms with Crippen LogP contribution in [0.4, 0.5) is 0 Å². The van der Waals surface area contributed by atoms with Crippen molar-refractivity contribution in [1.82, 2.24) is 0 Å². The Balaban J connectivity index is 4.30. The molecule has 0 saturated carbocycles. The summed E-state index contributed by atoms with van der Waals surface area (Å²) >= 11 is 0. The molecule has 0 radical (unpaired) electrons. The lowest BCUT2D eigenvalue weighted by Gasteiger charge is -2.26. The maximum Gasteiger partial charge on any atom is 0.207 e. The van der Waals surface area contributed by atoms with Gasteiger partial charge in [-0.3, -0.25) is 0 Å². The molecule has 0 aromatic rings. The van der Waals surface area contributed by atoms with Gasteiger partial charge in [-0.1, -0.05) is 18.7 Å². The molecule has 0 aromatic heterocycles. The molecule has 0 heterocycles. The molecule has 0 aliphatic heterocycles. The highest BCUT2D eigenvalue weighted by molar-refractivity contribution is 6.81. The summed E-state index contributed by atoms with van der Waals surface area (Å²) < 4.78 is 5.53. The molecule has 10 heavy (non-hydrogen) atoms. The van der Waals surface area contributed by atoms with E-state index < -0.39 is 8.32 Å². The number of hydrogen-bond acceptors (Lipinski definition) is 1. The normalized spacial score (nSPS) is 19.4. The van der Waals surface area contributed by atoms with Crippen LogP contribution in [0, 0.1) is 0 Å². The molecule has 0 aliphatic rings. The van der Waals surface area contributed by atoms with Crippen LogP contribution >= 0.6 is 0 Å². The van der Waals surface area contributed by atoms with E-state index in [1.807, 2.05) is 11.8 Å². The molecule has 0 saturated heterocycles. The van der Waals surface area contributed by atoms with Gasteiger partial charge in [-0.15, -0.1) is 13.2 Å². The first kappa shape index (κ1) is 9.87. The van der Waals surface area contributed by atoms with Crippen LogP contribution < -0.4 is 0 Å². The van der Waals surface area contributed by atoms with E-state index in [1.165, 1.54) is 0 Å². The monoisotopic (exact) mass is 172 g/mol. The average Bonchev–Trinajstić information content (AvgIpc) is 2.01. The van der Waals surface area contributed by atoms with E-state index in [0.717, 1.165) is 10.5 Å². The van der Waals surface area contributed by atoms with Gasteiger partial charge in [0.05, 0.1) is 0 Å². The fraction of sp³-hybridized carbons (Fsp3) is 0.429. The maximum atomic E-state index is 5.53. The summed E-state index contributed by atoms with van der Waals surface area (Å²) in [7, 11) is -0.792. The van der Waals surface area contributed by atoms with Crippen LogP contribution in [-0.2, 0) is 4.12 Å². The third kappa shape index (κ3) is 1.93. The largest absolute Gasteiger partial charge is 0.460 e. The van der Waals surface area contributed by atoms with Crippen molar-refractivity contribution >= 4 is 18.8 Å². The van der Waals surface area contributed by atoms with Gasteiger partial charge in [0.1, 0.15) is 10.5 Å². The second-order valence-corrected chi connectivity index (χ2v) is 7.94. The third-order valence-electron chi connectivity index (χ3n) is 2.10. The molecule has 0 amide bonds. The van der Waals surface area contributed by atoms with Crippen LogP contribution in [0.2, 0.25) is 12.1 Å². The highest BCUT2D eigenvalue weighted by Crippen LogP contribution is 2.22. The maximum absolute atomic E-state index is 5.53. The van der Waals surface area contributed by atoms with Crippen molar-refractivity contribution in [2.75, 3.05) is 0 Å². The molecule has 0 N–H and O–H groups in total. The van der Waals surface area contributed by atoms with Crippen LogP contribution in [0.1, 0.15) is 6.92 Å². The van der Waals surface area contributed by atoms with Gasteiger partial charge in [0.15, 0.2) is 0 Å². The lowest BCUT2D eigenvalue weighted by molar-refractivity contribution is 0.604. The van der Waals surface area contributed by atoms with E-state index in [9.17, 15) is 0 Å². The second kappa shape index (κ2) is 3.90. The molecule has 0 rings (SSSR count). The Labute approximate surface area is 67.5 Å². The van der Waals surface area contributed by atoms with Crippen molar-refractivity contribution in [3.63, 3.8) is 0 Å². The molecule has 0 bridgehead atoms. The third-order valence-corrected chi connectivity index (χ3v) is 8.48. The molecule has 3 heteroatoms. The van der Waals surface area contributed by atoms with Gasteiger partial charge in [0, 0.05) is 0 Å². The Morgan fingerprint density at radius 2 is 2.10 bits per heavy atom. The smallest absolute Gasteiger partial charge is 0.207 e. The molecule has 0 fully saturated rings. The first-order valence-corrected chi connectivity index (χ1v) is 6.80. The van der Waals surface area contributed by atoms with Crippen LogP contribution in [0.3, 0.4) is 0 Å². The average molecular weight is 172 g/mol. The summed E-state index contributed by atoms with van der Waals surface area (Å²) in [6.07, 6.45) is 1.95. The van der Waals surface area contributed by atoms with Gasteiger partial charge >= 0.3 is 0 Å². The Morgan fingerprint density at radius 1 is 1.60 bits per heavy atom. The zero-order chi connectivity index (χ0) is 8.20. The van der Waals surface area contributed by atoms with E-state index in [0.29, 0.717) is 5.54 Å². The van der Waals surface area contributed by atoms with Crippen molar-refractivity contribution in [1.29, 1.82) is 0 Å². The van der Waals surface area contributed by atoms with Crippen molar-refractivity contribution in [2.45, 2.75) is 19.0 Å². The first-order chi connectivity index (χ1) is 4.60. The Morgan fingerprint density at radius 3 is 2.20 bits per heavy atom. The summed E-state index contributed by atoms with van der Waals surface area (Å²) in [6, 6.07) is 0. The minimum Gasteiger partial charge on any atom is -0.460 e. The van der Waals surface area contributed by atoms with Crippen LogP contribution in [0.25, 0.3) is 0 Å². The fourth-order valence-corrected chi connectivity index (χ4v) is 3.68. The van der Waals surface area contributed by atoms with E-state index in [2.05, 4.69) is 26.6 Å². The highest BCUT2D eigenvalue weighted by Gasteiger charge is 2.28. The lowest BCUT2D eigenvalue weighted by Crippen LogP contribution is -2.35. The van der Waals surface area contributed by atoms with Crippen molar-refractivity contribution in [3.8, 4) is 0 Å². The summed E-state index contributed by atoms with van der Waals surface area (Å²) in [5.74, 6) is 0. The summed E-state index contributed by atoms with van der Waals surface area (Å²) in [5, 5.41) is 0. The Bertz CT molecular complexity index is 136. The predicted molar refractivity (Wildman–Crippen MR) is 52.5 cm³/mol. The van der Waals surface area contributed by atoms with Crippen molar-refractivity contribution in [3.05, 3.63) is 24.9 Å². The molecule has 58 valence electrons. The SMILES string of the molecule is C=CC(C)[Si](C)(C=C)O[SiH3]. The van der Waals surface area contributed by atoms with Crippen molar-refractivity contribution < 1.29 is 4.12 Å². The first-order valence-electron chi connectivity index (χ1n) is 3.42. The molecular formula is C7H16OSi2. The topological polar surface area (TPSA) is 9.23 Å². The molecule has 1 nitrogen and oxygen atoms in total. The molecule has 2 unspecified atom stereocenters. The fourth-order valence-electron chi connectivity index (χ4n) is 0.689. The standard InChI is InChI=1S/C7H16OSi2/c1-5-7(3)10(4,6-2)8-9/h5-7H,1-2H2,3-4,9H3. The predicted octanol–water partition coefficient (Wildman–Crippen LogP) is 1.16. The van der Waals surface area contributed by atoms with E-state index >= 15 is 0 Å². The minimum absolute atomic E-state index is 0.475. The van der Waals surface area contributed by atoms with E-state index in [-0.39, 0.29) is 0 Å². The van der Waals surface area contributed by atoms with E-state index in [4.69, 9.17) is 4.12 Å². The molecular weight excluding hydrogens is 156 g/mol. The quantitative estimate of drug-likeness (QED) is 0.457. The van der Waals surface area contributed by atoms with Gasteiger partial charge in [-0.2, -0.15) is 0 Å². The minimum atomic E-state index is -1.59. The van der Waals surface area contributed by atoms with Gasteiger partial charge in [0.25, 0.3) is 0 Å². The number of hydrogen-bond donors (Lipinski definition) is 0. The van der Waals surface area contributed by atoms with Crippen LogP contribution in [0.5, 0.6) is 0 Å².